The standard InChI is InChI=1S/C16H27IN4/c1-3-5-10-21(11-6-4-2)20-16(18)19-13-14-8-7-9-15(17)12-14/h7-9,12H,3-6,10-11,13H2,1-2H3,(H3,18,19,20). The number of guanidine groups is 1. The lowest BCUT2D eigenvalue weighted by Gasteiger charge is -2.23. The molecule has 0 heterocycles. The molecule has 1 aromatic rings. The zero-order chi connectivity index (χ0) is 15.5. The van der Waals surface area contributed by atoms with Crippen molar-refractivity contribution < 1.29 is 0 Å². The molecule has 21 heavy (non-hydrogen) atoms. The third-order valence-electron chi connectivity index (χ3n) is 3.16. The Labute approximate surface area is 142 Å². The predicted octanol–water partition coefficient (Wildman–Crippen LogP) is 3.51. The third-order valence-corrected chi connectivity index (χ3v) is 3.83. The molecule has 118 valence electrons. The van der Waals surface area contributed by atoms with E-state index >= 15 is 0 Å². The fourth-order valence-electron chi connectivity index (χ4n) is 1.93. The predicted molar refractivity (Wildman–Crippen MR) is 99.0 cm³/mol. The van der Waals surface area contributed by atoms with Crippen LogP contribution in [0.2, 0.25) is 0 Å². The van der Waals surface area contributed by atoms with Gasteiger partial charge in [-0.1, -0.05) is 38.8 Å². The van der Waals surface area contributed by atoms with Gasteiger partial charge in [-0.15, -0.1) is 0 Å². The minimum absolute atomic E-state index is 0.501. The van der Waals surface area contributed by atoms with E-state index in [9.17, 15) is 0 Å². The molecule has 0 saturated heterocycles. The largest absolute Gasteiger partial charge is 0.369 e. The zero-order valence-corrected chi connectivity index (χ0v) is 15.3. The molecule has 3 N–H and O–H groups in total. The Hall–Kier alpha value is -0.820. The molecule has 0 radical (unpaired) electrons. The maximum Gasteiger partial charge on any atom is 0.203 e. The Balaban J connectivity index is 2.50. The number of hydrogen-bond donors (Lipinski definition) is 2. The Kier molecular flexibility index (Phi) is 9.41. The first-order chi connectivity index (χ1) is 10.2. The summed E-state index contributed by atoms with van der Waals surface area (Å²) in [4.78, 5) is 4.43. The molecule has 0 aliphatic carbocycles. The van der Waals surface area contributed by atoms with Gasteiger partial charge in [0.15, 0.2) is 0 Å². The average molecular weight is 402 g/mol. The number of nitrogens with two attached hydrogens (primary N) is 1. The summed E-state index contributed by atoms with van der Waals surface area (Å²) in [7, 11) is 0. The van der Waals surface area contributed by atoms with Crippen LogP contribution in [0.15, 0.2) is 29.3 Å². The van der Waals surface area contributed by atoms with Crippen molar-refractivity contribution in [2.24, 2.45) is 10.7 Å². The van der Waals surface area contributed by atoms with Crippen LogP contribution in [-0.4, -0.2) is 24.1 Å². The Morgan fingerprint density at radius 1 is 1.24 bits per heavy atom. The Bertz CT molecular complexity index is 426. The highest BCUT2D eigenvalue weighted by molar-refractivity contribution is 14.1. The summed E-state index contributed by atoms with van der Waals surface area (Å²) in [6.07, 6.45) is 4.70. The van der Waals surface area contributed by atoms with Gasteiger partial charge in [-0.3, -0.25) is 5.43 Å². The summed E-state index contributed by atoms with van der Waals surface area (Å²) in [6.45, 7) is 7.04. The summed E-state index contributed by atoms with van der Waals surface area (Å²) in [6, 6.07) is 8.33. The van der Waals surface area contributed by atoms with Gasteiger partial charge in [0, 0.05) is 16.7 Å². The molecule has 0 bridgehead atoms. The molecule has 0 aliphatic heterocycles. The van der Waals surface area contributed by atoms with E-state index in [4.69, 9.17) is 5.73 Å². The normalized spacial score (nSPS) is 11.9. The quantitative estimate of drug-likeness (QED) is 0.288. The third kappa shape index (κ3) is 8.26. The SMILES string of the molecule is CCCCN(CCCC)NC(N)=NCc1cccc(I)c1. The summed E-state index contributed by atoms with van der Waals surface area (Å²) in [5, 5.41) is 2.18. The minimum Gasteiger partial charge on any atom is -0.369 e. The average Bonchev–Trinajstić information content (AvgIpc) is 2.48. The molecule has 0 atom stereocenters. The van der Waals surface area contributed by atoms with Gasteiger partial charge in [0.1, 0.15) is 0 Å². The number of benzene rings is 1. The number of nitrogens with one attached hydrogen (secondary N) is 1. The summed E-state index contributed by atoms with van der Waals surface area (Å²) >= 11 is 2.31. The monoisotopic (exact) mass is 402 g/mol. The van der Waals surface area contributed by atoms with Crippen LogP contribution < -0.4 is 11.2 Å². The molecule has 0 unspecified atom stereocenters. The van der Waals surface area contributed by atoms with Crippen LogP contribution in [0, 0.1) is 3.57 Å². The van der Waals surface area contributed by atoms with Crippen LogP contribution in [0.5, 0.6) is 0 Å². The number of aliphatic imine (C=N–C) groups is 1. The van der Waals surface area contributed by atoms with Gasteiger partial charge < -0.3 is 5.73 Å². The topological polar surface area (TPSA) is 53.6 Å². The van der Waals surface area contributed by atoms with Crippen molar-refractivity contribution in [2.45, 2.75) is 46.1 Å². The van der Waals surface area contributed by atoms with Crippen LogP contribution in [0.3, 0.4) is 0 Å². The van der Waals surface area contributed by atoms with Crippen molar-refractivity contribution in [2.75, 3.05) is 13.1 Å². The first-order valence-electron chi connectivity index (χ1n) is 7.71. The first-order valence-corrected chi connectivity index (χ1v) is 8.79. The van der Waals surface area contributed by atoms with Gasteiger partial charge >= 0.3 is 0 Å². The number of rotatable bonds is 9. The van der Waals surface area contributed by atoms with Gasteiger partial charge in [-0.25, -0.2) is 10.0 Å². The fourth-order valence-corrected chi connectivity index (χ4v) is 2.54. The number of unbranched alkanes of at least 4 members (excludes halogenated alkanes) is 2. The highest BCUT2D eigenvalue weighted by atomic mass is 127. The van der Waals surface area contributed by atoms with Crippen LogP contribution >= 0.6 is 22.6 Å². The van der Waals surface area contributed by atoms with E-state index in [0.717, 1.165) is 13.1 Å². The van der Waals surface area contributed by atoms with Crippen molar-refractivity contribution in [1.82, 2.24) is 10.4 Å². The number of nitrogens with zero attached hydrogens (tertiary/aromatic N) is 2. The van der Waals surface area contributed by atoms with Crippen molar-refractivity contribution in [1.29, 1.82) is 0 Å². The van der Waals surface area contributed by atoms with E-state index in [-0.39, 0.29) is 0 Å². The molecule has 0 aromatic heterocycles. The maximum absolute atomic E-state index is 6.00. The van der Waals surface area contributed by atoms with E-state index in [1.165, 1.54) is 34.8 Å². The lowest BCUT2D eigenvalue weighted by molar-refractivity contribution is 0.226. The molecule has 4 nitrogen and oxygen atoms in total. The summed E-state index contributed by atoms with van der Waals surface area (Å²) in [5.74, 6) is 0.501. The second kappa shape index (κ2) is 10.8. The smallest absolute Gasteiger partial charge is 0.203 e. The molecule has 0 spiro atoms. The Morgan fingerprint density at radius 2 is 1.90 bits per heavy atom. The molecule has 0 saturated carbocycles. The van der Waals surface area contributed by atoms with Crippen LogP contribution in [0.1, 0.15) is 45.1 Å². The number of hydrazine groups is 1. The molecule has 0 amide bonds. The van der Waals surface area contributed by atoms with Gasteiger partial charge in [0.2, 0.25) is 5.96 Å². The second-order valence-corrected chi connectivity index (χ2v) is 6.38. The molecular formula is C16H27IN4. The van der Waals surface area contributed by atoms with Crippen LogP contribution in [-0.2, 0) is 6.54 Å². The summed E-state index contributed by atoms with van der Waals surface area (Å²) in [5.41, 5.74) is 10.4. The van der Waals surface area contributed by atoms with Crippen molar-refractivity contribution in [3.8, 4) is 0 Å². The molecule has 1 rings (SSSR count). The zero-order valence-electron chi connectivity index (χ0n) is 13.1. The molecule has 0 fully saturated rings. The number of halogens is 1. The number of hydrogen-bond acceptors (Lipinski definition) is 2. The van der Waals surface area contributed by atoms with Gasteiger partial charge in [-0.05, 0) is 53.1 Å². The van der Waals surface area contributed by atoms with E-state index in [0.29, 0.717) is 12.5 Å². The minimum atomic E-state index is 0.501. The lowest BCUT2D eigenvalue weighted by atomic mass is 10.2. The highest BCUT2D eigenvalue weighted by Gasteiger charge is 2.04. The molecule has 5 heteroatoms. The van der Waals surface area contributed by atoms with Crippen molar-refractivity contribution in [3.05, 3.63) is 33.4 Å². The van der Waals surface area contributed by atoms with Crippen LogP contribution in [0.4, 0.5) is 0 Å². The second-order valence-electron chi connectivity index (χ2n) is 5.14. The van der Waals surface area contributed by atoms with Crippen LogP contribution in [0.25, 0.3) is 0 Å². The van der Waals surface area contributed by atoms with Gasteiger partial charge in [0.25, 0.3) is 0 Å². The first kappa shape index (κ1) is 18.2. The maximum atomic E-state index is 6.00. The van der Waals surface area contributed by atoms with Crippen molar-refractivity contribution >= 4 is 28.6 Å². The van der Waals surface area contributed by atoms with E-state index in [2.05, 4.69) is 70.1 Å². The fraction of sp³-hybridized carbons (Fsp3) is 0.562. The molecule has 0 aliphatic rings. The molecular weight excluding hydrogens is 375 g/mol. The van der Waals surface area contributed by atoms with Gasteiger partial charge in [-0.2, -0.15) is 0 Å². The summed E-state index contributed by atoms with van der Waals surface area (Å²) < 4.78 is 1.22. The Morgan fingerprint density at radius 3 is 2.48 bits per heavy atom. The lowest BCUT2D eigenvalue weighted by Crippen LogP contribution is -2.47. The van der Waals surface area contributed by atoms with Crippen molar-refractivity contribution in [3.63, 3.8) is 0 Å². The molecule has 1 aromatic carbocycles. The van der Waals surface area contributed by atoms with Gasteiger partial charge in [0.05, 0.1) is 6.54 Å². The van der Waals surface area contributed by atoms with E-state index in [1.807, 2.05) is 6.07 Å². The van der Waals surface area contributed by atoms with E-state index < -0.39 is 0 Å². The highest BCUT2D eigenvalue weighted by Crippen LogP contribution is 2.08. The van der Waals surface area contributed by atoms with E-state index in [1.54, 1.807) is 0 Å².